The van der Waals surface area contributed by atoms with E-state index in [1.807, 2.05) is 6.07 Å². The van der Waals surface area contributed by atoms with E-state index in [2.05, 4.69) is 15.2 Å². The highest BCUT2D eigenvalue weighted by Gasteiger charge is 2.28. The molecular weight excluding hydrogens is 368 g/mol. The smallest absolute Gasteiger partial charge is 0.311 e. The minimum absolute atomic E-state index is 0.0257. The number of carbonyl (C=O) groups is 1. The van der Waals surface area contributed by atoms with Gasteiger partial charge < -0.3 is 4.74 Å². The molecule has 9 heteroatoms. The average molecular weight is 382 g/mol. The van der Waals surface area contributed by atoms with Gasteiger partial charge in [-0.2, -0.15) is 0 Å². The second kappa shape index (κ2) is 7.20. The number of hydrogen-bond acceptors (Lipinski definition) is 8. The van der Waals surface area contributed by atoms with E-state index in [-0.39, 0.29) is 35.3 Å². The Balaban J connectivity index is 1.52. The van der Waals surface area contributed by atoms with Crippen LogP contribution in [0.5, 0.6) is 5.75 Å². The largest absolute Gasteiger partial charge is 0.483 e. The van der Waals surface area contributed by atoms with Crippen molar-refractivity contribution >= 4 is 22.8 Å². The summed E-state index contributed by atoms with van der Waals surface area (Å²) >= 11 is 1.30. The Kier molecular flexibility index (Phi) is 4.59. The first-order valence-corrected chi connectivity index (χ1v) is 9.13. The molecule has 4 rings (SSSR count). The van der Waals surface area contributed by atoms with E-state index in [0.29, 0.717) is 10.0 Å². The number of hydrogen-bond donors (Lipinski definition) is 0. The summed E-state index contributed by atoms with van der Waals surface area (Å²) in [6.45, 7) is 0. The third-order valence-corrected chi connectivity index (χ3v) is 4.96. The first-order valence-electron chi connectivity index (χ1n) is 8.31. The highest BCUT2D eigenvalue weighted by molar-refractivity contribution is 7.14. The number of aromatic nitrogens is 3. The van der Waals surface area contributed by atoms with Gasteiger partial charge in [0.2, 0.25) is 0 Å². The summed E-state index contributed by atoms with van der Waals surface area (Å²) < 4.78 is 5.54. The normalized spacial score (nSPS) is 13.3. The van der Waals surface area contributed by atoms with Gasteiger partial charge in [-0.25, -0.2) is 0 Å². The van der Waals surface area contributed by atoms with Gasteiger partial charge >= 0.3 is 5.69 Å². The molecule has 0 N–H and O–H groups in total. The molecule has 0 unspecified atom stereocenters. The van der Waals surface area contributed by atoms with Crippen LogP contribution in [0.25, 0.3) is 10.6 Å². The number of nitro benzene ring substituents is 1. The zero-order valence-electron chi connectivity index (χ0n) is 14.1. The topological polar surface area (TPSA) is 108 Å². The summed E-state index contributed by atoms with van der Waals surface area (Å²) in [7, 11) is 0. The zero-order valence-corrected chi connectivity index (χ0v) is 14.9. The van der Waals surface area contributed by atoms with Gasteiger partial charge in [0, 0.05) is 29.6 Å². The number of carbonyl (C=O) groups excluding carboxylic acids is 1. The molecule has 1 aliphatic carbocycles. The number of benzene rings is 1. The second-order valence-electron chi connectivity index (χ2n) is 6.10. The molecule has 2 aromatic heterocycles. The molecule has 0 saturated heterocycles. The number of pyridine rings is 1. The van der Waals surface area contributed by atoms with Crippen molar-refractivity contribution in [1.29, 1.82) is 0 Å². The molecule has 0 bridgehead atoms. The van der Waals surface area contributed by atoms with Crippen molar-refractivity contribution in [2.24, 2.45) is 0 Å². The molecule has 27 heavy (non-hydrogen) atoms. The molecule has 8 nitrogen and oxygen atoms in total. The van der Waals surface area contributed by atoms with Gasteiger partial charge in [-0.1, -0.05) is 11.3 Å². The molecule has 0 spiro atoms. The van der Waals surface area contributed by atoms with Crippen LogP contribution < -0.4 is 4.74 Å². The van der Waals surface area contributed by atoms with Crippen LogP contribution in [0.15, 0.2) is 42.7 Å². The number of nitrogens with zero attached hydrogens (tertiary/aromatic N) is 4. The highest BCUT2D eigenvalue weighted by atomic mass is 32.1. The van der Waals surface area contributed by atoms with Gasteiger partial charge in [0.1, 0.15) is 10.0 Å². The highest BCUT2D eigenvalue weighted by Crippen LogP contribution is 2.34. The maximum absolute atomic E-state index is 12.5. The van der Waals surface area contributed by atoms with E-state index in [4.69, 9.17) is 4.74 Å². The predicted molar refractivity (Wildman–Crippen MR) is 97.9 cm³/mol. The summed E-state index contributed by atoms with van der Waals surface area (Å²) in [6.07, 6.45) is 5.20. The van der Waals surface area contributed by atoms with Crippen molar-refractivity contribution < 1.29 is 14.5 Å². The minimum Gasteiger partial charge on any atom is -0.483 e. The zero-order chi connectivity index (χ0) is 18.8. The summed E-state index contributed by atoms with van der Waals surface area (Å²) in [5.74, 6) is -0.0567. The van der Waals surface area contributed by atoms with Crippen LogP contribution in [0.2, 0.25) is 0 Å². The lowest BCUT2D eigenvalue weighted by Crippen LogP contribution is -2.06. The van der Waals surface area contributed by atoms with Gasteiger partial charge in [-0.05, 0) is 37.1 Å². The van der Waals surface area contributed by atoms with Gasteiger partial charge in [0.25, 0.3) is 0 Å². The fourth-order valence-electron chi connectivity index (χ4n) is 2.47. The van der Waals surface area contributed by atoms with E-state index in [9.17, 15) is 14.9 Å². The van der Waals surface area contributed by atoms with Crippen LogP contribution in [-0.2, 0) is 6.42 Å². The SMILES string of the molecule is O=C(Cc1nnc(-c2cccnc2)s1)c1ccc(OC2CC2)c([N+](=O)[O-])c1. The molecule has 1 aromatic carbocycles. The first-order chi connectivity index (χ1) is 13.1. The third-order valence-electron chi connectivity index (χ3n) is 3.98. The van der Waals surface area contributed by atoms with Crippen molar-refractivity contribution in [2.75, 3.05) is 0 Å². The average Bonchev–Trinajstić information content (AvgIpc) is 3.37. The number of ketones is 1. The van der Waals surface area contributed by atoms with E-state index in [1.54, 1.807) is 24.5 Å². The van der Waals surface area contributed by atoms with Crippen LogP contribution in [0.1, 0.15) is 28.2 Å². The standard InChI is InChI=1S/C18H14N4O4S/c23-15(9-17-20-21-18(27-17)12-2-1-7-19-10-12)11-3-6-16(26-13-4-5-13)14(8-11)22(24)25/h1-3,6-8,10,13H,4-5,9H2. The Morgan fingerprint density at radius 3 is 2.85 bits per heavy atom. The third kappa shape index (κ3) is 3.98. The minimum atomic E-state index is -0.528. The number of rotatable bonds is 7. The summed E-state index contributed by atoms with van der Waals surface area (Å²) in [5.41, 5.74) is 0.884. The molecule has 0 atom stereocenters. The fourth-order valence-corrected chi connectivity index (χ4v) is 3.30. The predicted octanol–water partition coefficient (Wildman–Crippen LogP) is 3.47. The number of Topliss-reactive ketones (excluding diaryl/α,β-unsaturated/α-hetero) is 1. The molecule has 0 amide bonds. The summed E-state index contributed by atoms with van der Waals surface area (Å²) in [4.78, 5) is 27.4. The summed E-state index contributed by atoms with van der Waals surface area (Å²) in [6, 6.07) is 7.97. The van der Waals surface area contributed by atoms with E-state index in [1.165, 1.54) is 23.5 Å². The van der Waals surface area contributed by atoms with Crippen LogP contribution in [0, 0.1) is 10.1 Å². The number of ether oxygens (including phenoxy) is 1. The Labute approximate surface area is 158 Å². The Bertz CT molecular complexity index is 1000. The van der Waals surface area contributed by atoms with Crippen molar-refractivity contribution in [2.45, 2.75) is 25.4 Å². The molecule has 3 aromatic rings. The first kappa shape index (κ1) is 17.2. The van der Waals surface area contributed by atoms with Crippen LogP contribution in [-0.4, -0.2) is 32.0 Å². The Hall–Kier alpha value is -3.20. The molecular formula is C18H14N4O4S. The monoisotopic (exact) mass is 382 g/mol. The Morgan fingerprint density at radius 1 is 1.30 bits per heavy atom. The quantitative estimate of drug-likeness (QED) is 0.350. The lowest BCUT2D eigenvalue weighted by molar-refractivity contribution is -0.386. The molecule has 1 saturated carbocycles. The van der Waals surface area contributed by atoms with Crippen molar-refractivity contribution in [1.82, 2.24) is 15.2 Å². The lowest BCUT2D eigenvalue weighted by Gasteiger charge is -2.06. The van der Waals surface area contributed by atoms with Crippen molar-refractivity contribution in [3.05, 3.63) is 63.4 Å². The van der Waals surface area contributed by atoms with E-state index >= 15 is 0 Å². The van der Waals surface area contributed by atoms with Gasteiger partial charge in [0.05, 0.1) is 17.4 Å². The van der Waals surface area contributed by atoms with E-state index in [0.717, 1.165) is 18.4 Å². The second-order valence-corrected chi connectivity index (χ2v) is 7.16. The summed E-state index contributed by atoms with van der Waals surface area (Å²) in [5, 5.41) is 20.6. The number of nitro groups is 1. The van der Waals surface area contributed by atoms with Gasteiger partial charge in [-0.15, -0.1) is 10.2 Å². The maximum atomic E-state index is 12.5. The molecule has 0 aliphatic heterocycles. The lowest BCUT2D eigenvalue weighted by atomic mass is 10.1. The van der Waals surface area contributed by atoms with Crippen molar-refractivity contribution in [3.8, 4) is 16.3 Å². The Morgan fingerprint density at radius 2 is 2.15 bits per heavy atom. The van der Waals surface area contributed by atoms with Gasteiger partial charge in [-0.3, -0.25) is 19.9 Å². The molecule has 0 radical (unpaired) electrons. The maximum Gasteiger partial charge on any atom is 0.311 e. The molecule has 136 valence electrons. The molecule has 1 fully saturated rings. The van der Waals surface area contributed by atoms with Gasteiger partial charge in [0.15, 0.2) is 11.5 Å². The van der Waals surface area contributed by atoms with E-state index < -0.39 is 4.92 Å². The van der Waals surface area contributed by atoms with Crippen LogP contribution in [0.3, 0.4) is 0 Å². The molecule has 1 aliphatic rings. The van der Waals surface area contributed by atoms with Crippen LogP contribution >= 0.6 is 11.3 Å². The fraction of sp³-hybridized carbons (Fsp3) is 0.222. The van der Waals surface area contributed by atoms with Crippen molar-refractivity contribution in [3.63, 3.8) is 0 Å². The molecule has 2 heterocycles. The van der Waals surface area contributed by atoms with Crippen LogP contribution in [0.4, 0.5) is 5.69 Å².